The van der Waals surface area contributed by atoms with Crippen LogP contribution < -0.4 is 5.73 Å². The molecule has 0 aliphatic carbocycles. The van der Waals surface area contributed by atoms with Gasteiger partial charge in [-0.2, -0.15) is 11.8 Å². The maximum atomic E-state index is 12.3. The second-order valence-electron chi connectivity index (χ2n) is 5.70. The van der Waals surface area contributed by atoms with E-state index in [-0.39, 0.29) is 29.3 Å². The summed E-state index contributed by atoms with van der Waals surface area (Å²) in [6, 6.07) is -0.302. The van der Waals surface area contributed by atoms with E-state index in [1.165, 1.54) is 0 Å². The molecule has 2 saturated heterocycles. The fourth-order valence-corrected chi connectivity index (χ4v) is 4.11. The van der Waals surface area contributed by atoms with E-state index in [0.717, 1.165) is 37.4 Å². The third-order valence-electron chi connectivity index (χ3n) is 4.01. The lowest BCUT2D eigenvalue weighted by Gasteiger charge is -2.38. The van der Waals surface area contributed by atoms with Crippen LogP contribution >= 0.6 is 11.8 Å². The number of ketones is 1. The van der Waals surface area contributed by atoms with Gasteiger partial charge in [0.05, 0.1) is 11.6 Å². The second kappa shape index (κ2) is 5.29. The zero-order chi connectivity index (χ0) is 12.5. The lowest BCUT2D eigenvalue weighted by Crippen LogP contribution is -2.47. The molecule has 2 N–H and O–H groups in total. The summed E-state index contributed by atoms with van der Waals surface area (Å²) in [5.41, 5.74) is 5.97. The maximum Gasteiger partial charge on any atom is 0.153 e. The predicted octanol–water partition coefficient (Wildman–Crippen LogP) is 1.84. The van der Waals surface area contributed by atoms with Crippen LogP contribution in [-0.2, 0) is 9.53 Å². The van der Waals surface area contributed by atoms with Crippen molar-refractivity contribution < 1.29 is 9.53 Å². The average molecular weight is 257 g/mol. The molecule has 0 aromatic rings. The summed E-state index contributed by atoms with van der Waals surface area (Å²) < 4.78 is 5.93. The Morgan fingerprint density at radius 2 is 2.29 bits per heavy atom. The van der Waals surface area contributed by atoms with Crippen LogP contribution in [0.3, 0.4) is 0 Å². The Balaban J connectivity index is 1.99. The van der Waals surface area contributed by atoms with Gasteiger partial charge >= 0.3 is 0 Å². The molecule has 98 valence electrons. The van der Waals surface area contributed by atoms with Gasteiger partial charge in [-0.05, 0) is 30.9 Å². The van der Waals surface area contributed by atoms with Crippen molar-refractivity contribution in [1.29, 1.82) is 0 Å². The van der Waals surface area contributed by atoms with Crippen molar-refractivity contribution in [3.05, 3.63) is 0 Å². The highest BCUT2D eigenvalue weighted by Gasteiger charge is 2.43. The summed E-state index contributed by atoms with van der Waals surface area (Å²) in [4.78, 5) is 12.3. The van der Waals surface area contributed by atoms with Crippen LogP contribution in [0.5, 0.6) is 0 Å². The van der Waals surface area contributed by atoms with Crippen molar-refractivity contribution in [2.24, 2.45) is 17.6 Å². The van der Waals surface area contributed by atoms with Crippen molar-refractivity contribution in [3.8, 4) is 0 Å². The third kappa shape index (κ3) is 2.85. The molecule has 2 rings (SSSR count). The maximum absolute atomic E-state index is 12.3. The fraction of sp³-hybridized carbons (Fsp3) is 0.923. The fourth-order valence-electron chi connectivity index (χ4n) is 2.73. The monoisotopic (exact) mass is 257 g/mol. The van der Waals surface area contributed by atoms with E-state index in [4.69, 9.17) is 10.5 Å². The van der Waals surface area contributed by atoms with E-state index in [2.05, 4.69) is 0 Å². The molecule has 0 aromatic carbocycles. The molecule has 3 nitrogen and oxygen atoms in total. The first-order valence-corrected chi connectivity index (χ1v) is 7.70. The molecule has 0 radical (unpaired) electrons. The molecule has 3 unspecified atom stereocenters. The van der Waals surface area contributed by atoms with Crippen molar-refractivity contribution in [3.63, 3.8) is 0 Å². The van der Waals surface area contributed by atoms with E-state index in [0.29, 0.717) is 0 Å². The van der Waals surface area contributed by atoms with Crippen LogP contribution in [0, 0.1) is 11.8 Å². The zero-order valence-electron chi connectivity index (χ0n) is 10.8. The summed E-state index contributed by atoms with van der Waals surface area (Å²) in [6.07, 6.45) is 2.84. The molecule has 0 amide bonds. The SMILES string of the molecule is CC(C)C(N)C(=O)C1CCOC2(CCSC2)C1. The highest BCUT2D eigenvalue weighted by Crippen LogP contribution is 2.40. The van der Waals surface area contributed by atoms with Crippen LogP contribution in [0.2, 0.25) is 0 Å². The molecule has 0 aromatic heterocycles. The van der Waals surface area contributed by atoms with Gasteiger partial charge in [0.25, 0.3) is 0 Å². The number of thioether (sulfide) groups is 1. The average Bonchev–Trinajstić information content (AvgIpc) is 2.75. The Hall–Kier alpha value is -0.0600. The smallest absolute Gasteiger partial charge is 0.153 e. The lowest BCUT2D eigenvalue weighted by atomic mass is 9.79. The number of Topliss-reactive ketones (excluding diaryl/α,β-unsaturated/α-hetero) is 1. The first kappa shape index (κ1) is 13.4. The molecular weight excluding hydrogens is 234 g/mol. The molecule has 2 heterocycles. The van der Waals surface area contributed by atoms with Gasteiger partial charge in [-0.3, -0.25) is 4.79 Å². The van der Waals surface area contributed by atoms with Crippen LogP contribution in [-0.4, -0.2) is 35.5 Å². The standard InChI is InChI=1S/C13H23NO2S/c1-9(2)11(14)12(15)10-3-5-16-13(7-10)4-6-17-8-13/h9-11H,3-8,14H2,1-2H3. The van der Waals surface area contributed by atoms with Crippen LogP contribution in [0.1, 0.15) is 33.1 Å². The summed E-state index contributed by atoms with van der Waals surface area (Å²) >= 11 is 1.94. The van der Waals surface area contributed by atoms with E-state index in [9.17, 15) is 4.79 Å². The first-order chi connectivity index (χ1) is 8.04. The molecule has 2 aliphatic rings. The topological polar surface area (TPSA) is 52.3 Å². The Labute approximate surface area is 108 Å². The Morgan fingerprint density at radius 3 is 2.88 bits per heavy atom. The highest BCUT2D eigenvalue weighted by molar-refractivity contribution is 7.99. The molecule has 2 aliphatic heterocycles. The van der Waals surface area contributed by atoms with Gasteiger partial charge in [-0.15, -0.1) is 0 Å². The quantitative estimate of drug-likeness (QED) is 0.838. The molecule has 0 bridgehead atoms. The van der Waals surface area contributed by atoms with E-state index < -0.39 is 0 Å². The summed E-state index contributed by atoms with van der Waals surface area (Å²) in [6.45, 7) is 4.76. The van der Waals surface area contributed by atoms with Crippen molar-refractivity contribution in [1.82, 2.24) is 0 Å². The Kier molecular flexibility index (Phi) is 4.16. The summed E-state index contributed by atoms with van der Waals surface area (Å²) in [5.74, 6) is 2.82. The minimum atomic E-state index is -0.302. The number of rotatable bonds is 3. The molecular formula is C13H23NO2S. The highest BCUT2D eigenvalue weighted by atomic mass is 32.2. The largest absolute Gasteiger partial charge is 0.374 e. The van der Waals surface area contributed by atoms with Gasteiger partial charge < -0.3 is 10.5 Å². The number of hydrogen-bond acceptors (Lipinski definition) is 4. The molecule has 2 fully saturated rings. The normalized spacial score (nSPS) is 35.4. The number of carbonyl (C=O) groups excluding carboxylic acids is 1. The van der Waals surface area contributed by atoms with Crippen molar-refractivity contribution >= 4 is 17.5 Å². The van der Waals surface area contributed by atoms with E-state index >= 15 is 0 Å². The zero-order valence-corrected chi connectivity index (χ0v) is 11.6. The van der Waals surface area contributed by atoms with Gasteiger partial charge in [0, 0.05) is 18.3 Å². The predicted molar refractivity (Wildman–Crippen MR) is 71.2 cm³/mol. The Bertz CT molecular complexity index is 287. The second-order valence-corrected chi connectivity index (χ2v) is 6.80. The van der Waals surface area contributed by atoms with Crippen LogP contribution in [0.4, 0.5) is 0 Å². The van der Waals surface area contributed by atoms with Crippen LogP contribution in [0.15, 0.2) is 0 Å². The number of hydrogen-bond donors (Lipinski definition) is 1. The molecule has 3 atom stereocenters. The van der Waals surface area contributed by atoms with Gasteiger partial charge in [-0.25, -0.2) is 0 Å². The minimum Gasteiger partial charge on any atom is -0.374 e. The van der Waals surface area contributed by atoms with Crippen molar-refractivity contribution in [2.75, 3.05) is 18.1 Å². The van der Waals surface area contributed by atoms with E-state index in [1.807, 2.05) is 25.6 Å². The van der Waals surface area contributed by atoms with Crippen LogP contribution in [0.25, 0.3) is 0 Å². The van der Waals surface area contributed by atoms with Gasteiger partial charge in [0.2, 0.25) is 0 Å². The molecule has 1 spiro atoms. The number of nitrogens with two attached hydrogens (primary N) is 1. The lowest BCUT2D eigenvalue weighted by molar-refractivity contribution is -0.136. The third-order valence-corrected chi connectivity index (χ3v) is 5.23. The first-order valence-electron chi connectivity index (χ1n) is 6.55. The van der Waals surface area contributed by atoms with E-state index in [1.54, 1.807) is 0 Å². The van der Waals surface area contributed by atoms with Gasteiger partial charge in [-0.1, -0.05) is 13.8 Å². The van der Waals surface area contributed by atoms with Gasteiger partial charge in [0.1, 0.15) is 0 Å². The molecule has 0 saturated carbocycles. The number of ether oxygens (including phenoxy) is 1. The summed E-state index contributed by atoms with van der Waals surface area (Å²) in [5, 5.41) is 0. The molecule has 17 heavy (non-hydrogen) atoms. The van der Waals surface area contributed by atoms with Crippen molar-refractivity contribution in [2.45, 2.75) is 44.8 Å². The minimum absolute atomic E-state index is 0.0139. The molecule has 4 heteroatoms. The van der Waals surface area contributed by atoms with Gasteiger partial charge in [0.15, 0.2) is 5.78 Å². The number of carbonyl (C=O) groups is 1. The Morgan fingerprint density at radius 1 is 1.53 bits per heavy atom. The summed E-state index contributed by atoms with van der Waals surface area (Å²) in [7, 11) is 0.